The Morgan fingerprint density at radius 3 is 2.35 bits per heavy atom. The number of benzene rings is 2. The summed E-state index contributed by atoms with van der Waals surface area (Å²) in [5.74, 6) is 0.568. The zero-order valence-electron chi connectivity index (χ0n) is 11.0. The Morgan fingerprint density at radius 1 is 0.950 bits per heavy atom. The van der Waals surface area contributed by atoms with E-state index in [0.717, 1.165) is 5.56 Å². The van der Waals surface area contributed by atoms with Gasteiger partial charge < -0.3 is 5.11 Å². The standard InChI is InChI=1S/C17H16Cl2O/c18-15-10-4-9-14(16(15)19)17(20)13-8-2-1-7-12(13)11-5-3-6-11/h1-2,4,7-11,17,20H,3,5-6H2. The molecule has 1 aliphatic carbocycles. The van der Waals surface area contributed by atoms with Crippen molar-refractivity contribution in [3.05, 3.63) is 69.2 Å². The van der Waals surface area contributed by atoms with Gasteiger partial charge in [0.05, 0.1) is 10.0 Å². The second-order valence-corrected chi connectivity index (χ2v) is 6.09. The van der Waals surface area contributed by atoms with Crippen molar-refractivity contribution in [1.29, 1.82) is 0 Å². The van der Waals surface area contributed by atoms with Crippen molar-refractivity contribution in [2.45, 2.75) is 31.3 Å². The molecule has 0 heterocycles. The third-order valence-electron chi connectivity index (χ3n) is 4.11. The Balaban J connectivity index is 2.02. The average molecular weight is 307 g/mol. The number of halogens is 2. The molecule has 1 unspecified atom stereocenters. The van der Waals surface area contributed by atoms with Crippen LogP contribution >= 0.6 is 23.2 Å². The van der Waals surface area contributed by atoms with Crippen LogP contribution < -0.4 is 0 Å². The SMILES string of the molecule is OC(c1ccccc1C1CCC1)c1cccc(Cl)c1Cl. The molecule has 3 heteroatoms. The molecule has 20 heavy (non-hydrogen) atoms. The van der Waals surface area contributed by atoms with Crippen LogP contribution in [-0.2, 0) is 0 Å². The van der Waals surface area contributed by atoms with Crippen molar-refractivity contribution in [2.24, 2.45) is 0 Å². The van der Waals surface area contributed by atoms with Gasteiger partial charge >= 0.3 is 0 Å². The van der Waals surface area contributed by atoms with Crippen LogP contribution in [0.1, 0.15) is 48.0 Å². The molecule has 2 aromatic rings. The molecule has 1 aliphatic rings. The predicted octanol–water partition coefficient (Wildman–Crippen LogP) is 5.34. The minimum absolute atomic E-state index is 0.435. The molecule has 1 atom stereocenters. The van der Waals surface area contributed by atoms with E-state index in [9.17, 15) is 5.11 Å². The highest BCUT2D eigenvalue weighted by Crippen LogP contribution is 2.42. The molecule has 1 nitrogen and oxygen atoms in total. The summed E-state index contributed by atoms with van der Waals surface area (Å²) in [6, 6.07) is 13.5. The van der Waals surface area contributed by atoms with E-state index in [4.69, 9.17) is 23.2 Å². The number of hydrogen-bond acceptors (Lipinski definition) is 1. The topological polar surface area (TPSA) is 20.2 Å². The first-order valence-corrected chi connectivity index (χ1v) is 7.65. The molecule has 0 amide bonds. The van der Waals surface area contributed by atoms with Gasteiger partial charge in [-0.25, -0.2) is 0 Å². The van der Waals surface area contributed by atoms with Gasteiger partial charge in [-0.3, -0.25) is 0 Å². The van der Waals surface area contributed by atoms with Crippen molar-refractivity contribution in [3.8, 4) is 0 Å². The van der Waals surface area contributed by atoms with Crippen LogP contribution in [0.5, 0.6) is 0 Å². The number of hydrogen-bond donors (Lipinski definition) is 1. The molecule has 104 valence electrons. The van der Waals surface area contributed by atoms with Gasteiger partial charge in [0.25, 0.3) is 0 Å². The van der Waals surface area contributed by atoms with E-state index in [0.29, 0.717) is 21.5 Å². The highest BCUT2D eigenvalue weighted by molar-refractivity contribution is 6.42. The largest absolute Gasteiger partial charge is 0.384 e. The summed E-state index contributed by atoms with van der Waals surface area (Å²) in [6.07, 6.45) is 2.95. The Kier molecular flexibility index (Phi) is 4.02. The Bertz CT molecular complexity index is 620. The molecular weight excluding hydrogens is 291 g/mol. The van der Waals surface area contributed by atoms with Gasteiger partial charge in [-0.1, -0.05) is 66.0 Å². The normalized spacial score (nSPS) is 16.8. The van der Waals surface area contributed by atoms with Gasteiger partial charge in [-0.15, -0.1) is 0 Å². The van der Waals surface area contributed by atoms with E-state index >= 15 is 0 Å². The average Bonchev–Trinajstić information content (AvgIpc) is 2.40. The highest BCUT2D eigenvalue weighted by Gasteiger charge is 2.25. The Labute approximate surface area is 129 Å². The lowest BCUT2D eigenvalue weighted by atomic mass is 9.77. The second kappa shape index (κ2) is 5.77. The van der Waals surface area contributed by atoms with Crippen LogP contribution in [0.3, 0.4) is 0 Å². The first-order chi connectivity index (χ1) is 9.68. The van der Waals surface area contributed by atoms with E-state index in [1.54, 1.807) is 6.07 Å². The second-order valence-electron chi connectivity index (χ2n) is 5.30. The molecule has 2 aromatic carbocycles. The fourth-order valence-electron chi connectivity index (χ4n) is 2.75. The number of aliphatic hydroxyl groups is 1. The van der Waals surface area contributed by atoms with Crippen LogP contribution in [-0.4, -0.2) is 5.11 Å². The fraction of sp³-hybridized carbons (Fsp3) is 0.294. The van der Waals surface area contributed by atoms with Crippen molar-refractivity contribution >= 4 is 23.2 Å². The maximum atomic E-state index is 10.7. The molecule has 0 aromatic heterocycles. The van der Waals surface area contributed by atoms with Crippen molar-refractivity contribution in [2.75, 3.05) is 0 Å². The Morgan fingerprint density at radius 2 is 1.65 bits per heavy atom. The molecule has 0 spiro atoms. The van der Waals surface area contributed by atoms with Crippen LogP contribution in [0.25, 0.3) is 0 Å². The third kappa shape index (κ3) is 2.46. The van der Waals surface area contributed by atoms with E-state index < -0.39 is 6.10 Å². The van der Waals surface area contributed by atoms with E-state index in [2.05, 4.69) is 6.07 Å². The van der Waals surface area contributed by atoms with Gasteiger partial charge in [-0.05, 0) is 36.0 Å². The third-order valence-corrected chi connectivity index (χ3v) is 4.95. The summed E-state index contributed by atoms with van der Waals surface area (Å²) in [5, 5.41) is 11.6. The van der Waals surface area contributed by atoms with Gasteiger partial charge in [0.2, 0.25) is 0 Å². The maximum absolute atomic E-state index is 10.7. The lowest BCUT2D eigenvalue weighted by molar-refractivity contribution is 0.217. The maximum Gasteiger partial charge on any atom is 0.106 e. The predicted molar refractivity (Wildman–Crippen MR) is 83.6 cm³/mol. The van der Waals surface area contributed by atoms with Gasteiger partial charge in [0, 0.05) is 5.56 Å². The monoisotopic (exact) mass is 306 g/mol. The van der Waals surface area contributed by atoms with E-state index in [1.807, 2.05) is 30.3 Å². The van der Waals surface area contributed by atoms with E-state index in [-0.39, 0.29) is 0 Å². The molecule has 0 radical (unpaired) electrons. The molecule has 3 rings (SSSR count). The van der Waals surface area contributed by atoms with Gasteiger partial charge in [0.15, 0.2) is 0 Å². The van der Waals surface area contributed by atoms with Crippen LogP contribution in [0.2, 0.25) is 10.0 Å². The molecule has 1 fully saturated rings. The number of aliphatic hydroxyl groups excluding tert-OH is 1. The molecule has 1 saturated carbocycles. The Hall–Kier alpha value is -1.02. The lowest BCUT2D eigenvalue weighted by Gasteiger charge is -2.29. The van der Waals surface area contributed by atoms with Crippen molar-refractivity contribution in [3.63, 3.8) is 0 Å². The van der Waals surface area contributed by atoms with Gasteiger partial charge in [-0.2, -0.15) is 0 Å². The minimum Gasteiger partial charge on any atom is -0.384 e. The van der Waals surface area contributed by atoms with Crippen LogP contribution in [0.4, 0.5) is 0 Å². The molecule has 0 saturated heterocycles. The fourth-order valence-corrected chi connectivity index (χ4v) is 3.16. The lowest BCUT2D eigenvalue weighted by Crippen LogP contribution is -2.13. The number of rotatable bonds is 3. The summed E-state index contributed by atoms with van der Waals surface area (Å²) < 4.78 is 0. The first-order valence-electron chi connectivity index (χ1n) is 6.89. The summed E-state index contributed by atoms with van der Waals surface area (Å²) in [4.78, 5) is 0. The smallest absolute Gasteiger partial charge is 0.106 e. The van der Waals surface area contributed by atoms with Crippen LogP contribution in [0, 0.1) is 0 Å². The summed E-state index contributed by atoms with van der Waals surface area (Å²) >= 11 is 12.3. The van der Waals surface area contributed by atoms with Crippen molar-refractivity contribution in [1.82, 2.24) is 0 Å². The van der Waals surface area contributed by atoms with Crippen molar-refractivity contribution < 1.29 is 5.11 Å². The summed E-state index contributed by atoms with van der Waals surface area (Å²) in [6.45, 7) is 0. The quantitative estimate of drug-likeness (QED) is 0.811. The van der Waals surface area contributed by atoms with Crippen LogP contribution in [0.15, 0.2) is 42.5 Å². The molecule has 1 N–H and O–H groups in total. The zero-order valence-corrected chi connectivity index (χ0v) is 12.5. The van der Waals surface area contributed by atoms with Gasteiger partial charge in [0.1, 0.15) is 6.10 Å². The molecular formula is C17H16Cl2O. The highest BCUT2D eigenvalue weighted by atomic mass is 35.5. The summed E-state index contributed by atoms with van der Waals surface area (Å²) in [5.41, 5.74) is 2.86. The van der Waals surface area contributed by atoms with E-state index in [1.165, 1.54) is 24.8 Å². The zero-order chi connectivity index (χ0) is 14.1. The molecule has 0 aliphatic heterocycles. The minimum atomic E-state index is -0.724. The first kappa shape index (κ1) is 13.9. The summed E-state index contributed by atoms with van der Waals surface area (Å²) in [7, 11) is 0. The molecule has 0 bridgehead atoms.